The van der Waals surface area contributed by atoms with Crippen LogP contribution in [0.2, 0.25) is 0 Å². The maximum absolute atomic E-state index is 13.1. The lowest BCUT2D eigenvalue weighted by atomic mass is 10.0. The minimum atomic E-state index is -0.619. The molecule has 0 radical (unpaired) electrons. The van der Waals surface area contributed by atoms with Gasteiger partial charge in [-0.15, -0.1) is 0 Å². The van der Waals surface area contributed by atoms with Gasteiger partial charge in [0.05, 0.1) is 11.3 Å². The van der Waals surface area contributed by atoms with Crippen molar-refractivity contribution in [2.75, 3.05) is 16.8 Å². The maximum Gasteiger partial charge on any atom is 0.412 e. The molecule has 1 N–H and O–H groups in total. The Morgan fingerprint density at radius 1 is 1.00 bits per heavy atom. The average molecular weight is 427 g/mol. The summed E-state index contributed by atoms with van der Waals surface area (Å²) in [6, 6.07) is 9.17. The number of hydrogen-bond donors (Lipinski definition) is 1. The molecule has 7 nitrogen and oxygen atoms in total. The highest BCUT2D eigenvalue weighted by Crippen LogP contribution is 2.39. The molecule has 31 heavy (non-hydrogen) atoms. The van der Waals surface area contributed by atoms with Gasteiger partial charge in [-0.25, -0.2) is 4.79 Å². The minimum Gasteiger partial charge on any atom is -0.460 e. The van der Waals surface area contributed by atoms with E-state index in [1.807, 2.05) is 45.0 Å². The molecule has 2 amide bonds. The fourth-order valence-electron chi connectivity index (χ4n) is 3.55. The van der Waals surface area contributed by atoms with Crippen molar-refractivity contribution in [3.63, 3.8) is 0 Å². The van der Waals surface area contributed by atoms with E-state index in [9.17, 15) is 14.4 Å². The molecule has 2 aromatic carbocycles. The molecule has 1 heterocycles. The van der Waals surface area contributed by atoms with Gasteiger partial charge in [0, 0.05) is 24.0 Å². The Bertz CT molecular complexity index is 1030. The van der Waals surface area contributed by atoms with Crippen molar-refractivity contribution in [3.8, 4) is 0 Å². The lowest BCUT2D eigenvalue weighted by Gasteiger charge is -2.20. The molecule has 0 atom stereocenters. The largest absolute Gasteiger partial charge is 0.460 e. The first-order valence-corrected chi connectivity index (χ1v) is 10.4. The molecule has 0 aromatic heterocycles. The SMILES string of the molecule is CC(C)(C)OC(=O)CCCN1C(=O)c2cc(NC(=O)OC(C)(C)C)cc3cccc1c23. The third kappa shape index (κ3) is 5.54. The van der Waals surface area contributed by atoms with Crippen LogP contribution in [-0.2, 0) is 14.3 Å². The van der Waals surface area contributed by atoms with Gasteiger partial charge in [0.25, 0.3) is 5.91 Å². The number of anilines is 2. The molecular weight excluding hydrogens is 396 g/mol. The van der Waals surface area contributed by atoms with E-state index in [0.717, 1.165) is 16.5 Å². The molecule has 0 fully saturated rings. The Morgan fingerprint density at radius 2 is 1.68 bits per heavy atom. The summed E-state index contributed by atoms with van der Waals surface area (Å²) in [5.74, 6) is -0.429. The molecule has 166 valence electrons. The van der Waals surface area contributed by atoms with Gasteiger partial charge in [0.2, 0.25) is 0 Å². The smallest absolute Gasteiger partial charge is 0.412 e. The first-order chi connectivity index (χ1) is 14.3. The van der Waals surface area contributed by atoms with Crippen molar-refractivity contribution in [3.05, 3.63) is 35.9 Å². The van der Waals surface area contributed by atoms with Crippen molar-refractivity contribution >= 4 is 40.1 Å². The Morgan fingerprint density at radius 3 is 2.32 bits per heavy atom. The van der Waals surface area contributed by atoms with E-state index in [2.05, 4.69) is 5.32 Å². The Kier molecular flexibility index (Phi) is 5.98. The van der Waals surface area contributed by atoms with Crippen LogP contribution in [0.25, 0.3) is 10.8 Å². The van der Waals surface area contributed by atoms with Crippen molar-refractivity contribution in [2.24, 2.45) is 0 Å². The third-order valence-electron chi connectivity index (χ3n) is 4.55. The third-order valence-corrected chi connectivity index (χ3v) is 4.55. The normalized spacial score (nSPS) is 13.5. The first-order valence-electron chi connectivity index (χ1n) is 10.4. The van der Waals surface area contributed by atoms with E-state index < -0.39 is 17.3 Å². The molecule has 0 unspecified atom stereocenters. The second kappa shape index (κ2) is 8.21. The molecule has 3 rings (SSSR count). The predicted molar refractivity (Wildman–Crippen MR) is 121 cm³/mol. The first kappa shape index (κ1) is 22.6. The summed E-state index contributed by atoms with van der Waals surface area (Å²) in [7, 11) is 0. The van der Waals surface area contributed by atoms with Crippen LogP contribution in [-0.4, -0.2) is 35.7 Å². The number of ether oxygens (including phenoxy) is 2. The van der Waals surface area contributed by atoms with Gasteiger partial charge < -0.3 is 14.4 Å². The molecule has 0 aliphatic carbocycles. The molecule has 0 bridgehead atoms. The Balaban J connectivity index is 1.76. The zero-order valence-corrected chi connectivity index (χ0v) is 19.0. The molecule has 0 saturated carbocycles. The van der Waals surface area contributed by atoms with Crippen molar-refractivity contribution in [1.82, 2.24) is 0 Å². The van der Waals surface area contributed by atoms with Gasteiger partial charge in [-0.2, -0.15) is 0 Å². The van der Waals surface area contributed by atoms with E-state index in [1.165, 1.54) is 0 Å². The number of rotatable bonds is 5. The number of esters is 1. The van der Waals surface area contributed by atoms with E-state index in [-0.39, 0.29) is 18.3 Å². The summed E-state index contributed by atoms with van der Waals surface area (Å²) in [5.41, 5.74) is 0.686. The number of carbonyl (C=O) groups excluding carboxylic acids is 3. The maximum atomic E-state index is 13.1. The topological polar surface area (TPSA) is 84.9 Å². The monoisotopic (exact) mass is 426 g/mol. The summed E-state index contributed by atoms with van der Waals surface area (Å²) < 4.78 is 10.7. The van der Waals surface area contributed by atoms with Crippen LogP contribution in [0.5, 0.6) is 0 Å². The fourth-order valence-corrected chi connectivity index (χ4v) is 3.55. The summed E-state index contributed by atoms with van der Waals surface area (Å²) >= 11 is 0. The molecule has 0 spiro atoms. The van der Waals surface area contributed by atoms with Crippen LogP contribution in [0.4, 0.5) is 16.2 Å². The molecule has 1 aliphatic heterocycles. The predicted octanol–water partition coefficient (Wildman–Crippen LogP) is 5.27. The van der Waals surface area contributed by atoms with Crippen LogP contribution in [0, 0.1) is 0 Å². The number of amides is 2. The van der Waals surface area contributed by atoms with Gasteiger partial charge in [-0.3, -0.25) is 14.9 Å². The van der Waals surface area contributed by atoms with E-state index >= 15 is 0 Å². The molecule has 1 aliphatic rings. The highest BCUT2D eigenvalue weighted by Gasteiger charge is 2.30. The van der Waals surface area contributed by atoms with E-state index in [1.54, 1.807) is 31.7 Å². The highest BCUT2D eigenvalue weighted by atomic mass is 16.6. The molecule has 2 aromatic rings. The standard InChI is InChI=1S/C24H30N2O5/c1-23(2,3)30-19(27)11-8-12-26-18-10-7-9-15-13-16(14-17(20(15)18)21(26)28)25-22(29)31-24(4,5)6/h7,9-10,13-14H,8,11-12H2,1-6H3,(H,25,29). The summed E-state index contributed by atoms with van der Waals surface area (Å²) in [4.78, 5) is 38.9. The number of nitrogens with one attached hydrogen (secondary N) is 1. The zero-order valence-electron chi connectivity index (χ0n) is 19.0. The highest BCUT2D eigenvalue weighted by molar-refractivity contribution is 6.25. The lowest BCUT2D eigenvalue weighted by molar-refractivity contribution is -0.154. The van der Waals surface area contributed by atoms with Gasteiger partial charge in [-0.1, -0.05) is 12.1 Å². The van der Waals surface area contributed by atoms with Gasteiger partial charge in [0.1, 0.15) is 11.2 Å². The summed E-state index contributed by atoms with van der Waals surface area (Å²) in [6.45, 7) is 11.3. The van der Waals surface area contributed by atoms with Crippen LogP contribution in [0.3, 0.4) is 0 Å². The van der Waals surface area contributed by atoms with Gasteiger partial charge in [0.15, 0.2) is 0 Å². The van der Waals surface area contributed by atoms with E-state index in [0.29, 0.717) is 24.2 Å². The second-order valence-electron chi connectivity index (χ2n) is 9.67. The van der Waals surface area contributed by atoms with Crippen LogP contribution >= 0.6 is 0 Å². The number of hydrogen-bond acceptors (Lipinski definition) is 5. The van der Waals surface area contributed by atoms with Crippen molar-refractivity contribution in [1.29, 1.82) is 0 Å². The van der Waals surface area contributed by atoms with Crippen molar-refractivity contribution < 1.29 is 23.9 Å². The van der Waals surface area contributed by atoms with Crippen LogP contribution < -0.4 is 10.2 Å². The number of carbonyl (C=O) groups is 3. The summed E-state index contributed by atoms with van der Waals surface area (Å²) in [6.07, 6.45) is 0.155. The molecule has 7 heteroatoms. The van der Waals surface area contributed by atoms with Gasteiger partial charge in [-0.05, 0) is 71.5 Å². The van der Waals surface area contributed by atoms with Crippen LogP contribution in [0.15, 0.2) is 30.3 Å². The van der Waals surface area contributed by atoms with Crippen molar-refractivity contribution in [2.45, 2.75) is 65.6 Å². The average Bonchev–Trinajstić information content (AvgIpc) is 2.86. The second-order valence-corrected chi connectivity index (χ2v) is 9.67. The van der Waals surface area contributed by atoms with E-state index in [4.69, 9.17) is 9.47 Å². The zero-order chi connectivity index (χ0) is 23.0. The Labute approximate surface area is 182 Å². The quantitative estimate of drug-likeness (QED) is 0.659. The molecular formula is C24H30N2O5. The number of benzene rings is 2. The molecule has 0 saturated heterocycles. The van der Waals surface area contributed by atoms with Gasteiger partial charge >= 0.3 is 12.1 Å². The number of nitrogens with zero attached hydrogens (tertiary/aromatic N) is 1. The Hall–Kier alpha value is -3.09. The minimum absolute atomic E-state index is 0.150. The lowest BCUT2D eigenvalue weighted by Crippen LogP contribution is -2.29. The summed E-state index contributed by atoms with van der Waals surface area (Å²) in [5, 5.41) is 4.41. The van der Waals surface area contributed by atoms with Crippen LogP contribution in [0.1, 0.15) is 64.7 Å². The fraction of sp³-hybridized carbons (Fsp3) is 0.458.